The van der Waals surface area contributed by atoms with Gasteiger partial charge < -0.3 is 14.7 Å². The molecule has 1 aliphatic carbocycles. The van der Waals surface area contributed by atoms with Gasteiger partial charge in [0.2, 0.25) is 11.8 Å². The van der Waals surface area contributed by atoms with E-state index in [1.165, 1.54) is 0 Å². The minimum Gasteiger partial charge on any atom is -0.339 e. The number of hydrogen-bond donors (Lipinski definition) is 1. The summed E-state index contributed by atoms with van der Waals surface area (Å²) in [6.45, 7) is 3.70. The number of fused-ring (bicyclic) bond motifs is 1. The van der Waals surface area contributed by atoms with Gasteiger partial charge in [-0.3, -0.25) is 14.0 Å². The van der Waals surface area contributed by atoms with Crippen molar-refractivity contribution in [3.63, 3.8) is 0 Å². The molecular weight excluding hydrogens is 471 g/mol. The van der Waals surface area contributed by atoms with E-state index in [9.17, 15) is 14.0 Å². The second-order valence-electron chi connectivity index (χ2n) is 9.78. The maximum Gasteiger partial charge on any atom is 0.253 e. The van der Waals surface area contributed by atoms with Gasteiger partial charge in [0.15, 0.2) is 5.82 Å². The number of unbranched alkanes of at least 4 members (excludes halogenated alkanes) is 2. The number of rotatable bonds is 12. The van der Waals surface area contributed by atoms with Crippen molar-refractivity contribution in [2.45, 2.75) is 57.3 Å². The fourth-order valence-corrected chi connectivity index (χ4v) is 4.62. The van der Waals surface area contributed by atoms with Crippen molar-refractivity contribution in [3.8, 4) is 11.1 Å². The maximum atomic E-state index is 13.2. The number of nitrogens with zero attached hydrogens (tertiary/aromatic N) is 3. The van der Waals surface area contributed by atoms with E-state index in [4.69, 9.17) is 4.52 Å². The Morgan fingerprint density at radius 3 is 2.78 bits per heavy atom. The Hall–Kier alpha value is -3.81. The number of anilines is 2. The smallest absolute Gasteiger partial charge is 0.253 e. The van der Waals surface area contributed by atoms with Gasteiger partial charge in [0, 0.05) is 42.3 Å². The lowest BCUT2D eigenvalue weighted by atomic mass is 10.0. The molecule has 8 heteroatoms. The highest BCUT2D eigenvalue weighted by atomic mass is 19.1. The van der Waals surface area contributed by atoms with Gasteiger partial charge in [0.25, 0.3) is 5.91 Å². The summed E-state index contributed by atoms with van der Waals surface area (Å²) >= 11 is 0. The van der Waals surface area contributed by atoms with Crippen LogP contribution in [0.5, 0.6) is 0 Å². The topological polar surface area (TPSA) is 88.3 Å². The van der Waals surface area contributed by atoms with Gasteiger partial charge in [-0.15, -0.1) is 0 Å². The van der Waals surface area contributed by atoms with Crippen LogP contribution >= 0.6 is 0 Å². The monoisotopic (exact) mass is 502 g/mol. The molecule has 0 unspecified atom stereocenters. The Morgan fingerprint density at radius 1 is 1.14 bits per heavy atom. The van der Waals surface area contributed by atoms with Gasteiger partial charge in [0.1, 0.15) is 0 Å². The van der Waals surface area contributed by atoms with E-state index < -0.39 is 6.67 Å². The third kappa shape index (κ3) is 5.96. The number of alkyl halides is 1. The molecule has 7 nitrogen and oxygen atoms in total. The number of benzene rings is 2. The molecular formula is C29H31FN4O3. The van der Waals surface area contributed by atoms with E-state index in [-0.39, 0.29) is 23.8 Å². The number of halogens is 1. The standard InChI is InChI=1S/C29H31FN4O3/c1-19(13-14-30)29(36)34(15-4-2-3-8-27-32-28(33-37-27)20-9-10-20)24-7-5-6-21(17-24)22-11-12-25-23(16-22)18-26(35)31-25/h5-7,11-12,16-17,20H,1-4,8-10,13-15,18H2,(H,31,35). The highest BCUT2D eigenvalue weighted by Crippen LogP contribution is 2.38. The van der Waals surface area contributed by atoms with Crippen LogP contribution in [-0.4, -0.2) is 35.2 Å². The van der Waals surface area contributed by atoms with Crippen LogP contribution in [0.15, 0.2) is 59.1 Å². The molecule has 0 radical (unpaired) electrons. The summed E-state index contributed by atoms with van der Waals surface area (Å²) in [7, 11) is 0. The summed E-state index contributed by atoms with van der Waals surface area (Å²) in [6.07, 6.45) is 5.90. The van der Waals surface area contributed by atoms with E-state index in [1.54, 1.807) is 4.90 Å². The molecule has 37 heavy (non-hydrogen) atoms. The molecule has 5 rings (SSSR count). The molecule has 1 aromatic heterocycles. The third-order valence-corrected chi connectivity index (χ3v) is 6.86. The molecule has 3 aromatic rings. The van der Waals surface area contributed by atoms with Gasteiger partial charge in [-0.2, -0.15) is 4.98 Å². The second-order valence-corrected chi connectivity index (χ2v) is 9.78. The lowest BCUT2D eigenvalue weighted by molar-refractivity contribution is -0.116. The zero-order valence-corrected chi connectivity index (χ0v) is 20.8. The highest BCUT2D eigenvalue weighted by molar-refractivity contribution is 6.05. The van der Waals surface area contributed by atoms with Crippen molar-refractivity contribution in [1.82, 2.24) is 10.1 Å². The van der Waals surface area contributed by atoms with Gasteiger partial charge >= 0.3 is 0 Å². The lowest BCUT2D eigenvalue weighted by Crippen LogP contribution is -2.33. The fourth-order valence-electron chi connectivity index (χ4n) is 4.62. The predicted molar refractivity (Wildman–Crippen MR) is 140 cm³/mol. The first kappa shape index (κ1) is 24.9. The van der Waals surface area contributed by atoms with Crippen molar-refractivity contribution in [2.75, 3.05) is 23.4 Å². The van der Waals surface area contributed by atoms with Crippen LogP contribution in [0.3, 0.4) is 0 Å². The minimum absolute atomic E-state index is 0.00788. The maximum absolute atomic E-state index is 13.2. The molecule has 2 amide bonds. The molecule has 192 valence electrons. The zero-order valence-electron chi connectivity index (χ0n) is 20.8. The number of aryl methyl sites for hydroxylation is 1. The van der Waals surface area contributed by atoms with E-state index in [0.717, 1.165) is 66.0 Å². The van der Waals surface area contributed by atoms with Crippen molar-refractivity contribution >= 4 is 23.2 Å². The van der Waals surface area contributed by atoms with Crippen LogP contribution in [0.4, 0.5) is 15.8 Å². The largest absolute Gasteiger partial charge is 0.339 e. The summed E-state index contributed by atoms with van der Waals surface area (Å²) in [5, 5.41) is 6.91. The van der Waals surface area contributed by atoms with Gasteiger partial charge in [-0.05, 0) is 66.6 Å². The van der Waals surface area contributed by atoms with E-state index in [0.29, 0.717) is 31.2 Å². The Balaban J connectivity index is 1.26. The number of carbonyl (C=O) groups is 2. The van der Waals surface area contributed by atoms with Crippen LogP contribution in [0.25, 0.3) is 11.1 Å². The molecule has 1 aliphatic heterocycles. The number of hydrogen-bond acceptors (Lipinski definition) is 5. The van der Waals surface area contributed by atoms with Crippen molar-refractivity contribution in [1.29, 1.82) is 0 Å². The average molecular weight is 503 g/mol. The van der Waals surface area contributed by atoms with E-state index in [2.05, 4.69) is 22.0 Å². The Kier molecular flexibility index (Phi) is 7.44. The first-order valence-electron chi connectivity index (χ1n) is 12.9. The highest BCUT2D eigenvalue weighted by Gasteiger charge is 2.28. The van der Waals surface area contributed by atoms with Gasteiger partial charge in [-0.1, -0.05) is 36.4 Å². The summed E-state index contributed by atoms with van der Waals surface area (Å²) in [6, 6.07) is 13.6. The molecule has 1 N–H and O–H groups in total. The molecule has 1 saturated carbocycles. The van der Waals surface area contributed by atoms with E-state index in [1.807, 2.05) is 42.5 Å². The summed E-state index contributed by atoms with van der Waals surface area (Å²) in [4.78, 5) is 31.1. The second kappa shape index (κ2) is 11.1. The van der Waals surface area contributed by atoms with Crippen LogP contribution in [0, 0.1) is 0 Å². The number of aromatic nitrogens is 2. The van der Waals surface area contributed by atoms with E-state index >= 15 is 0 Å². The molecule has 0 atom stereocenters. The zero-order chi connectivity index (χ0) is 25.8. The molecule has 0 saturated heterocycles. The molecule has 0 spiro atoms. The normalized spacial score (nSPS) is 14.4. The average Bonchev–Trinajstić information content (AvgIpc) is 3.52. The fraction of sp³-hybridized carbons (Fsp3) is 0.379. The summed E-state index contributed by atoms with van der Waals surface area (Å²) in [5.74, 6) is 1.70. The minimum atomic E-state index is -0.618. The SMILES string of the molecule is C=C(CCF)C(=O)N(CCCCCc1nc(C2CC2)no1)c1cccc(-c2ccc3c(c2)CC(=O)N3)c1. The van der Waals surface area contributed by atoms with Crippen molar-refractivity contribution < 1.29 is 18.5 Å². The van der Waals surface area contributed by atoms with Gasteiger partial charge in [-0.25, -0.2) is 0 Å². The molecule has 2 aliphatic rings. The van der Waals surface area contributed by atoms with Crippen LogP contribution in [0.1, 0.15) is 61.7 Å². The predicted octanol–water partition coefficient (Wildman–Crippen LogP) is 5.77. The lowest BCUT2D eigenvalue weighted by Gasteiger charge is -2.24. The molecule has 2 aromatic carbocycles. The number of carbonyl (C=O) groups excluding carboxylic acids is 2. The molecule has 2 heterocycles. The summed E-state index contributed by atoms with van der Waals surface area (Å²) in [5.41, 5.74) is 4.71. The third-order valence-electron chi connectivity index (χ3n) is 6.86. The summed E-state index contributed by atoms with van der Waals surface area (Å²) < 4.78 is 18.3. The first-order chi connectivity index (χ1) is 18.0. The number of amides is 2. The van der Waals surface area contributed by atoms with Crippen molar-refractivity contribution in [3.05, 3.63) is 71.9 Å². The Bertz CT molecular complexity index is 1310. The Labute approximate surface area is 215 Å². The molecule has 1 fully saturated rings. The van der Waals surface area contributed by atoms with Crippen LogP contribution < -0.4 is 10.2 Å². The van der Waals surface area contributed by atoms with Crippen LogP contribution in [-0.2, 0) is 22.4 Å². The van der Waals surface area contributed by atoms with Gasteiger partial charge in [0.05, 0.1) is 13.1 Å². The first-order valence-corrected chi connectivity index (χ1v) is 12.9. The quantitative estimate of drug-likeness (QED) is 0.251. The molecule has 0 bridgehead atoms. The van der Waals surface area contributed by atoms with Crippen molar-refractivity contribution in [2.24, 2.45) is 0 Å². The Morgan fingerprint density at radius 2 is 1.97 bits per heavy atom. The number of nitrogens with one attached hydrogen (secondary N) is 1. The van der Waals surface area contributed by atoms with Crippen LogP contribution in [0.2, 0.25) is 0 Å².